The second-order valence-electron chi connectivity index (χ2n) is 8.85. The largest absolute Gasteiger partial charge is 0.494 e. The molecule has 0 aromatic heterocycles. The van der Waals surface area contributed by atoms with Crippen LogP contribution in [0.5, 0.6) is 5.75 Å². The van der Waals surface area contributed by atoms with E-state index < -0.39 is 6.09 Å². The third-order valence-corrected chi connectivity index (χ3v) is 6.42. The molecule has 0 radical (unpaired) electrons. The molecular weight excluding hydrogens is 400 g/mol. The summed E-state index contributed by atoms with van der Waals surface area (Å²) in [5.74, 6) is 1.38. The fourth-order valence-electron chi connectivity index (χ4n) is 4.10. The molecular formula is C27H34N2O3. The number of carbonyl (C=O) groups is 1. The van der Waals surface area contributed by atoms with E-state index in [-0.39, 0.29) is 6.10 Å². The van der Waals surface area contributed by atoms with Gasteiger partial charge in [-0.1, -0.05) is 18.2 Å². The summed E-state index contributed by atoms with van der Waals surface area (Å²) in [4.78, 5) is 14.8. The monoisotopic (exact) mass is 434 g/mol. The Bertz CT molecular complexity index is 952. The fraction of sp³-hybridized carbons (Fsp3) is 0.444. The van der Waals surface area contributed by atoms with Crippen LogP contribution in [-0.4, -0.2) is 24.8 Å². The number of hydrogen-bond acceptors (Lipinski definition) is 4. The molecule has 2 saturated carbocycles. The highest BCUT2D eigenvalue weighted by molar-refractivity contribution is 5.79. The number of amides is 1. The molecule has 5 nitrogen and oxygen atoms in total. The summed E-state index contributed by atoms with van der Waals surface area (Å²) in [6, 6.07) is 6.74. The van der Waals surface area contributed by atoms with E-state index in [1.165, 1.54) is 17.6 Å². The van der Waals surface area contributed by atoms with Crippen molar-refractivity contribution >= 4 is 17.4 Å². The molecule has 1 amide bonds. The molecule has 3 aliphatic rings. The molecule has 32 heavy (non-hydrogen) atoms. The van der Waals surface area contributed by atoms with E-state index in [2.05, 4.69) is 41.5 Å². The second-order valence-corrected chi connectivity index (χ2v) is 8.85. The zero-order chi connectivity index (χ0) is 22.5. The molecule has 1 atom stereocenters. The van der Waals surface area contributed by atoms with Crippen molar-refractivity contribution in [2.45, 2.75) is 65.0 Å². The first kappa shape index (κ1) is 22.3. The van der Waals surface area contributed by atoms with Gasteiger partial charge in [0.15, 0.2) is 0 Å². The number of rotatable bonds is 6. The van der Waals surface area contributed by atoms with E-state index in [9.17, 15) is 4.79 Å². The van der Waals surface area contributed by atoms with Crippen LogP contribution >= 0.6 is 0 Å². The minimum Gasteiger partial charge on any atom is -0.494 e. The number of ether oxygens (including phenoxy) is 2. The zero-order valence-corrected chi connectivity index (χ0v) is 19.3. The molecule has 1 aliphatic heterocycles. The second kappa shape index (κ2) is 10.1. The van der Waals surface area contributed by atoms with Crippen molar-refractivity contribution < 1.29 is 14.3 Å². The van der Waals surface area contributed by atoms with Crippen LogP contribution in [0, 0.1) is 5.92 Å². The molecule has 1 unspecified atom stereocenters. The van der Waals surface area contributed by atoms with Crippen LogP contribution in [-0.2, 0) is 4.74 Å². The standard InChI is InChI=1S/C27H34N2O3/c1-4-31-24-14-15-25-19(2)8-5-6-9-22(28-27(30)32-20(3)21-12-13-21)16-17-29(26(25)18-24)23-10-7-11-23/h5-6,8-9,14-18,20-21,23H,4,7,10-13H2,1-3H3,(H,28,30)/b6-5+,17-16-,19-8+,22-9+. The normalized spacial score (nSPS) is 24.9. The maximum atomic E-state index is 12.4. The van der Waals surface area contributed by atoms with E-state index in [0.29, 0.717) is 24.3 Å². The first-order valence-electron chi connectivity index (χ1n) is 11.8. The number of fused-ring (bicyclic) bond motifs is 1. The highest BCUT2D eigenvalue weighted by atomic mass is 16.6. The molecule has 5 heteroatoms. The molecule has 1 aromatic rings. The van der Waals surface area contributed by atoms with Gasteiger partial charge in [-0.2, -0.15) is 0 Å². The lowest BCUT2D eigenvalue weighted by atomic mass is 9.90. The van der Waals surface area contributed by atoms with Crippen LogP contribution < -0.4 is 15.0 Å². The minimum atomic E-state index is -0.399. The number of allylic oxidation sites excluding steroid dienone is 6. The Balaban J connectivity index is 1.63. The number of hydrogen-bond donors (Lipinski definition) is 1. The molecule has 0 spiro atoms. The summed E-state index contributed by atoms with van der Waals surface area (Å²) in [7, 11) is 0. The number of nitrogens with zero attached hydrogens (tertiary/aromatic N) is 1. The topological polar surface area (TPSA) is 50.8 Å². The molecule has 1 heterocycles. The Morgan fingerprint density at radius 2 is 1.97 bits per heavy atom. The van der Waals surface area contributed by atoms with Gasteiger partial charge >= 0.3 is 6.09 Å². The van der Waals surface area contributed by atoms with Gasteiger partial charge in [-0.3, -0.25) is 5.32 Å². The molecule has 1 N–H and O–H groups in total. The van der Waals surface area contributed by atoms with Crippen molar-refractivity contribution in [1.82, 2.24) is 5.32 Å². The summed E-state index contributed by atoms with van der Waals surface area (Å²) in [5, 5.41) is 2.92. The predicted octanol–water partition coefficient (Wildman–Crippen LogP) is 6.34. The van der Waals surface area contributed by atoms with Gasteiger partial charge in [0, 0.05) is 29.6 Å². The Morgan fingerprint density at radius 3 is 2.66 bits per heavy atom. The summed E-state index contributed by atoms with van der Waals surface area (Å²) in [6.07, 6.45) is 17.4. The Labute approximate surface area is 191 Å². The van der Waals surface area contributed by atoms with Crippen molar-refractivity contribution in [1.29, 1.82) is 0 Å². The van der Waals surface area contributed by atoms with Crippen LogP contribution in [0.25, 0.3) is 5.57 Å². The summed E-state index contributed by atoms with van der Waals surface area (Å²) >= 11 is 0. The predicted molar refractivity (Wildman–Crippen MR) is 130 cm³/mol. The molecule has 4 rings (SSSR count). The molecule has 2 aliphatic carbocycles. The maximum absolute atomic E-state index is 12.4. The lowest BCUT2D eigenvalue weighted by Crippen LogP contribution is -2.37. The average molecular weight is 435 g/mol. The number of benzene rings is 1. The Kier molecular flexibility index (Phi) is 7.03. The van der Waals surface area contributed by atoms with E-state index in [1.54, 1.807) is 0 Å². The van der Waals surface area contributed by atoms with Crippen molar-refractivity contribution in [2.24, 2.45) is 5.92 Å². The number of carbonyl (C=O) groups excluding carboxylic acids is 1. The SMILES string of the molecule is CCOc1ccc2c(c1)N(C1CCC1)\C=C/C(NC(=O)OC(C)C1CC1)=C\C=C\C=C\2C. The van der Waals surface area contributed by atoms with Crippen LogP contribution in [0.15, 0.2) is 60.5 Å². The van der Waals surface area contributed by atoms with Gasteiger partial charge in [0.25, 0.3) is 0 Å². The molecule has 0 bridgehead atoms. The van der Waals surface area contributed by atoms with Gasteiger partial charge in [0.05, 0.1) is 12.3 Å². The Hall–Kier alpha value is -2.95. The third kappa shape index (κ3) is 5.45. The molecule has 0 saturated heterocycles. The average Bonchev–Trinajstić information content (AvgIpc) is 3.57. The van der Waals surface area contributed by atoms with Crippen LogP contribution in [0.3, 0.4) is 0 Å². The van der Waals surface area contributed by atoms with Gasteiger partial charge in [-0.25, -0.2) is 4.79 Å². The summed E-state index contributed by atoms with van der Waals surface area (Å²) in [5.41, 5.74) is 4.20. The van der Waals surface area contributed by atoms with Crippen molar-refractivity contribution in [3.05, 3.63) is 66.0 Å². The number of anilines is 1. The van der Waals surface area contributed by atoms with Gasteiger partial charge < -0.3 is 14.4 Å². The van der Waals surface area contributed by atoms with E-state index in [0.717, 1.165) is 37.1 Å². The fourth-order valence-corrected chi connectivity index (χ4v) is 4.10. The molecule has 1 aromatic carbocycles. The molecule has 2 fully saturated rings. The van der Waals surface area contributed by atoms with Gasteiger partial charge in [0.1, 0.15) is 11.9 Å². The first-order valence-corrected chi connectivity index (χ1v) is 11.8. The number of nitrogens with one attached hydrogen (secondary N) is 1. The van der Waals surface area contributed by atoms with Crippen molar-refractivity contribution in [2.75, 3.05) is 11.5 Å². The van der Waals surface area contributed by atoms with E-state index >= 15 is 0 Å². The lowest BCUT2D eigenvalue weighted by Gasteiger charge is -2.38. The summed E-state index contributed by atoms with van der Waals surface area (Å²) in [6.45, 7) is 6.73. The molecule has 170 valence electrons. The number of alkyl carbamates (subject to hydrolysis) is 1. The first-order chi connectivity index (χ1) is 15.5. The lowest BCUT2D eigenvalue weighted by molar-refractivity contribution is 0.0980. The van der Waals surface area contributed by atoms with Gasteiger partial charge in [-0.15, -0.1) is 0 Å². The smallest absolute Gasteiger partial charge is 0.411 e. The highest BCUT2D eigenvalue weighted by Crippen LogP contribution is 2.37. The van der Waals surface area contributed by atoms with Gasteiger partial charge in [0.2, 0.25) is 0 Å². The van der Waals surface area contributed by atoms with E-state index in [1.807, 2.05) is 44.2 Å². The highest BCUT2D eigenvalue weighted by Gasteiger charge is 2.31. The van der Waals surface area contributed by atoms with Crippen LogP contribution in [0.2, 0.25) is 0 Å². The van der Waals surface area contributed by atoms with Crippen LogP contribution in [0.1, 0.15) is 58.4 Å². The maximum Gasteiger partial charge on any atom is 0.411 e. The van der Waals surface area contributed by atoms with Crippen molar-refractivity contribution in [3.8, 4) is 5.75 Å². The van der Waals surface area contributed by atoms with E-state index in [4.69, 9.17) is 9.47 Å². The summed E-state index contributed by atoms with van der Waals surface area (Å²) < 4.78 is 11.4. The minimum absolute atomic E-state index is 0.0428. The van der Waals surface area contributed by atoms with Crippen LogP contribution in [0.4, 0.5) is 10.5 Å². The van der Waals surface area contributed by atoms with Gasteiger partial charge in [-0.05, 0) is 88.7 Å². The third-order valence-electron chi connectivity index (χ3n) is 6.42. The van der Waals surface area contributed by atoms with Crippen molar-refractivity contribution in [3.63, 3.8) is 0 Å². The zero-order valence-electron chi connectivity index (χ0n) is 19.3. The quantitative estimate of drug-likeness (QED) is 0.568. The Morgan fingerprint density at radius 1 is 1.19 bits per heavy atom.